The van der Waals surface area contributed by atoms with Gasteiger partial charge in [-0.2, -0.15) is 4.98 Å². The van der Waals surface area contributed by atoms with E-state index in [1.807, 2.05) is 37.3 Å². The van der Waals surface area contributed by atoms with Crippen LogP contribution in [0.25, 0.3) is 11.4 Å². The van der Waals surface area contributed by atoms with Crippen LogP contribution in [-0.2, 0) is 11.3 Å². The molecule has 1 amide bonds. The number of aryl methyl sites for hydroxylation is 1. The maximum Gasteiger partial charge on any atom is 0.338 e. The number of furan rings is 1. The highest BCUT2D eigenvalue weighted by atomic mass is 16.6. The van der Waals surface area contributed by atoms with Crippen molar-refractivity contribution >= 4 is 17.6 Å². The Hall–Kier alpha value is -4.20. The Bertz CT molecular complexity index is 1170. The summed E-state index contributed by atoms with van der Waals surface area (Å²) in [5, 5.41) is 6.61. The molecule has 0 spiro atoms. The second kappa shape index (κ2) is 8.44. The number of benzene rings is 2. The minimum absolute atomic E-state index is 0.166. The van der Waals surface area contributed by atoms with E-state index in [0.717, 1.165) is 11.1 Å². The van der Waals surface area contributed by atoms with E-state index in [1.165, 1.54) is 6.26 Å². The number of aromatic nitrogens is 2. The maximum atomic E-state index is 12.4. The van der Waals surface area contributed by atoms with E-state index in [0.29, 0.717) is 11.5 Å². The third-order valence-electron chi connectivity index (χ3n) is 4.29. The predicted molar refractivity (Wildman–Crippen MR) is 107 cm³/mol. The first kappa shape index (κ1) is 19.1. The molecular formula is C22H17N3O5. The van der Waals surface area contributed by atoms with Gasteiger partial charge in [-0.25, -0.2) is 4.79 Å². The number of ether oxygens (including phenoxy) is 1. The first-order chi connectivity index (χ1) is 14.6. The first-order valence-corrected chi connectivity index (χ1v) is 9.11. The number of nitrogens with zero attached hydrogens (tertiary/aromatic N) is 2. The molecule has 0 aliphatic rings. The van der Waals surface area contributed by atoms with Crippen molar-refractivity contribution in [2.75, 3.05) is 5.32 Å². The van der Waals surface area contributed by atoms with Gasteiger partial charge in [0.2, 0.25) is 5.82 Å². The van der Waals surface area contributed by atoms with E-state index in [9.17, 15) is 9.59 Å². The van der Waals surface area contributed by atoms with Gasteiger partial charge in [-0.3, -0.25) is 4.79 Å². The van der Waals surface area contributed by atoms with Crippen molar-refractivity contribution in [1.82, 2.24) is 10.1 Å². The number of nitrogens with one attached hydrogen (secondary N) is 1. The molecule has 150 valence electrons. The van der Waals surface area contributed by atoms with Crippen LogP contribution in [0.2, 0.25) is 0 Å². The molecule has 1 N–H and O–H groups in total. The molecule has 0 radical (unpaired) electrons. The van der Waals surface area contributed by atoms with Crippen LogP contribution in [0.1, 0.15) is 32.4 Å². The van der Waals surface area contributed by atoms with Gasteiger partial charge in [0.05, 0.1) is 11.8 Å². The normalized spacial score (nSPS) is 10.6. The molecule has 0 unspecified atom stereocenters. The second-order valence-electron chi connectivity index (χ2n) is 6.42. The van der Waals surface area contributed by atoms with Crippen molar-refractivity contribution in [3.63, 3.8) is 0 Å². The highest BCUT2D eigenvalue weighted by molar-refractivity contribution is 6.03. The lowest BCUT2D eigenvalue weighted by Crippen LogP contribution is -2.13. The molecule has 2 aromatic carbocycles. The number of hydrogen-bond acceptors (Lipinski definition) is 7. The standard InChI is InChI=1S/C22H17N3O5/c1-14-9-10-16(12-17(14)23-21(26)18-8-5-11-28-18)22(27)29-13-19-24-20(25-30-19)15-6-3-2-4-7-15/h2-12H,13H2,1H3,(H,23,26). The van der Waals surface area contributed by atoms with Crippen molar-refractivity contribution in [2.45, 2.75) is 13.5 Å². The van der Waals surface area contributed by atoms with Gasteiger partial charge in [0, 0.05) is 11.3 Å². The van der Waals surface area contributed by atoms with Gasteiger partial charge in [-0.1, -0.05) is 41.6 Å². The van der Waals surface area contributed by atoms with Gasteiger partial charge in [0.15, 0.2) is 12.4 Å². The summed E-state index contributed by atoms with van der Waals surface area (Å²) in [6.45, 7) is 1.65. The molecule has 0 bridgehead atoms. The van der Waals surface area contributed by atoms with Crippen LogP contribution in [-0.4, -0.2) is 22.0 Å². The van der Waals surface area contributed by atoms with E-state index in [2.05, 4.69) is 15.5 Å². The molecule has 2 aromatic heterocycles. The molecule has 4 aromatic rings. The summed E-state index contributed by atoms with van der Waals surface area (Å²) in [5.41, 5.74) is 2.35. The number of carbonyl (C=O) groups is 2. The van der Waals surface area contributed by atoms with Crippen molar-refractivity contribution in [1.29, 1.82) is 0 Å². The fourth-order valence-electron chi connectivity index (χ4n) is 2.70. The maximum absolute atomic E-state index is 12.4. The Labute approximate surface area is 171 Å². The SMILES string of the molecule is Cc1ccc(C(=O)OCc2nc(-c3ccccc3)no2)cc1NC(=O)c1ccco1. The third kappa shape index (κ3) is 4.27. The van der Waals surface area contributed by atoms with Crippen LogP contribution in [0.15, 0.2) is 75.9 Å². The minimum atomic E-state index is -0.581. The molecule has 4 rings (SSSR count). The monoisotopic (exact) mass is 403 g/mol. The quantitative estimate of drug-likeness (QED) is 0.480. The molecule has 0 aliphatic heterocycles. The van der Waals surface area contributed by atoms with Gasteiger partial charge in [0.1, 0.15) is 0 Å². The lowest BCUT2D eigenvalue weighted by atomic mass is 10.1. The fourth-order valence-corrected chi connectivity index (χ4v) is 2.70. The van der Waals surface area contributed by atoms with E-state index >= 15 is 0 Å². The number of hydrogen-bond donors (Lipinski definition) is 1. The number of esters is 1. The summed E-state index contributed by atoms with van der Waals surface area (Å²) in [4.78, 5) is 28.8. The summed E-state index contributed by atoms with van der Waals surface area (Å²) in [5.74, 6) is -0.218. The van der Waals surface area contributed by atoms with Gasteiger partial charge in [0.25, 0.3) is 11.8 Å². The Balaban J connectivity index is 1.41. The highest BCUT2D eigenvalue weighted by Crippen LogP contribution is 2.20. The van der Waals surface area contributed by atoms with Crippen molar-refractivity contribution in [2.24, 2.45) is 0 Å². The summed E-state index contributed by atoms with van der Waals surface area (Å²) in [6, 6.07) is 17.4. The van der Waals surface area contributed by atoms with E-state index in [-0.39, 0.29) is 23.8 Å². The molecule has 0 aliphatic carbocycles. The molecule has 8 heteroatoms. The lowest BCUT2D eigenvalue weighted by Gasteiger charge is -2.09. The van der Waals surface area contributed by atoms with E-state index in [1.54, 1.807) is 30.3 Å². The number of amides is 1. The van der Waals surface area contributed by atoms with Gasteiger partial charge >= 0.3 is 5.97 Å². The number of rotatable bonds is 6. The summed E-state index contributed by atoms with van der Waals surface area (Å²) in [6.07, 6.45) is 1.41. The minimum Gasteiger partial charge on any atom is -0.459 e. The Morgan fingerprint density at radius 2 is 1.90 bits per heavy atom. The Morgan fingerprint density at radius 3 is 2.67 bits per heavy atom. The summed E-state index contributed by atoms with van der Waals surface area (Å²) >= 11 is 0. The fraction of sp³-hybridized carbons (Fsp3) is 0.0909. The zero-order valence-electron chi connectivity index (χ0n) is 16.0. The van der Waals surface area contributed by atoms with Gasteiger partial charge in [-0.05, 0) is 36.8 Å². The Kier molecular flexibility index (Phi) is 5.38. The molecule has 0 saturated heterocycles. The molecule has 0 atom stereocenters. The predicted octanol–water partition coefficient (Wildman–Crippen LogP) is 4.25. The van der Waals surface area contributed by atoms with Gasteiger partial charge in [-0.15, -0.1) is 0 Å². The number of carbonyl (C=O) groups excluding carboxylic acids is 2. The average molecular weight is 403 g/mol. The second-order valence-corrected chi connectivity index (χ2v) is 6.42. The van der Waals surface area contributed by atoms with Crippen LogP contribution >= 0.6 is 0 Å². The van der Waals surface area contributed by atoms with Crippen LogP contribution in [0.3, 0.4) is 0 Å². The van der Waals surface area contributed by atoms with Crippen LogP contribution in [0, 0.1) is 6.92 Å². The largest absolute Gasteiger partial charge is 0.459 e. The molecular weight excluding hydrogens is 386 g/mol. The Morgan fingerprint density at radius 1 is 1.07 bits per heavy atom. The highest BCUT2D eigenvalue weighted by Gasteiger charge is 2.15. The third-order valence-corrected chi connectivity index (χ3v) is 4.29. The first-order valence-electron chi connectivity index (χ1n) is 9.11. The average Bonchev–Trinajstić information content (AvgIpc) is 3.46. The molecule has 0 saturated carbocycles. The van der Waals surface area contributed by atoms with Crippen LogP contribution in [0.4, 0.5) is 5.69 Å². The zero-order valence-corrected chi connectivity index (χ0v) is 16.0. The molecule has 0 fully saturated rings. The zero-order chi connectivity index (χ0) is 20.9. The summed E-state index contributed by atoms with van der Waals surface area (Å²) in [7, 11) is 0. The van der Waals surface area contributed by atoms with Crippen LogP contribution in [0.5, 0.6) is 0 Å². The topological polar surface area (TPSA) is 107 Å². The smallest absolute Gasteiger partial charge is 0.338 e. The molecule has 2 heterocycles. The van der Waals surface area contributed by atoms with Crippen molar-refractivity contribution in [3.05, 3.63) is 89.7 Å². The van der Waals surface area contributed by atoms with Crippen LogP contribution < -0.4 is 5.32 Å². The lowest BCUT2D eigenvalue weighted by molar-refractivity contribution is 0.0429. The summed E-state index contributed by atoms with van der Waals surface area (Å²) < 4.78 is 15.5. The van der Waals surface area contributed by atoms with Gasteiger partial charge < -0.3 is 19.0 Å². The van der Waals surface area contributed by atoms with Crippen molar-refractivity contribution < 1.29 is 23.3 Å². The van der Waals surface area contributed by atoms with E-state index < -0.39 is 11.9 Å². The molecule has 8 nitrogen and oxygen atoms in total. The number of anilines is 1. The molecule has 30 heavy (non-hydrogen) atoms. The van der Waals surface area contributed by atoms with Crippen molar-refractivity contribution in [3.8, 4) is 11.4 Å². The van der Waals surface area contributed by atoms with E-state index in [4.69, 9.17) is 13.7 Å².